The summed E-state index contributed by atoms with van der Waals surface area (Å²) in [7, 11) is -3.51. The van der Waals surface area contributed by atoms with Crippen LogP contribution in [-0.4, -0.2) is 39.3 Å². The lowest BCUT2D eigenvalue weighted by molar-refractivity contribution is -0.121. The van der Waals surface area contributed by atoms with Gasteiger partial charge in [0.15, 0.2) is 0 Å². The molecular weight excluding hydrogens is 340 g/mol. The summed E-state index contributed by atoms with van der Waals surface area (Å²) >= 11 is 0. The van der Waals surface area contributed by atoms with Crippen molar-refractivity contribution in [2.75, 3.05) is 13.1 Å². The van der Waals surface area contributed by atoms with Crippen LogP contribution in [0.4, 0.5) is 0 Å². The van der Waals surface area contributed by atoms with Gasteiger partial charge in [0.1, 0.15) is 5.84 Å². The minimum Gasteiger partial charge on any atom is -0.352 e. The third-order valence-corrected chi connectivity index (χ3v) is 5.45. The van der Waals surface area contributed by atoms with Gasteiger partial charge < -0.3 is 11.1 Å². The molecule has 0 saturated heterocycles. The van der Waals surface area contributed by atoms with Gasteiger partial charge in [0.25, 0.3) is 10.0 Å². The highest BCUT2D eigenvalue weighted by molar-refractivity contribution is 7.90. The first-order valence-corrected chi connectivity index (χ1v) is 10.1. The van der Waals surface area contributed by atoms with E-state index in [1.807, 2.05) is 0 Å². The number of amides is 1. The highest BCUT2D eigenvalue weighted by atomic mass is 32.2. The molecule has 1 unspecified atom stereocenters. The van der Waals surface area contributed by atoms with Crippen molar-refractivity contribution in [2.45, 2.75) is 50.0 Å². The van der Waals surface area contributed by atoms with Gasteiger partial charge in [-0.25, -0.2) is 8.42 Å². The fraction of sp³-hybridized carbons (Fsp3) is 0.529. The van der Waals surface area contributed by atoms with Crippen molar-refractivity contribution in [3.05, 3.63) is 29.8 Å². The number of nitrogens with one attached hydrogen (secondary N) is 2. The van der Waals surface area contributed by atoms with E-state index in [0.717, 1.165) is 19.3 Å². The van der Waals surface area contributed by atoms with Crippen LogP contribution in [0.2, 0.25) is 0 Å². The number of sulfonamides is 1. The van der Waals surface area contributed by atoms with E-state index in [9.17, 15) is 13.2 Å². The molecule has 0 bridgehead atoms. The van der Waals surface area contributed by atoms with Gasteiger partial charge >= 0.3 is 0 Å². The number of amidine groups is 1. The van der Waals surface area contributed by atoms with Crippen LogP contribution in [-0.2, 0) is 14.8 Å². The Balaban J connectivity index is 1.83. The number of fused-ring (bicyclic) bond motifs is 1. The average molecular weight is 366 g/mol. The third-order valence-electron chi connectivity index (χ3n) is 4.05. The van der Waals surface area contributed by atoms with Crippen molar-refractivity contribution >= 4 is 21.8 Å². The van der Waals surface area contributed by atoms with E-state index in [4.69, 9.17) is 5.73 Å². The summed E-state index contributed by atoms with van der Waals surface area (Å²) in [5, 5.41) is 2.93. The standard InChI is InChI=1S/C17H26N4O3S/c1-2-3-7-13(12-18)20-16(22)10-6-11-19-17-14-8-4-5-9-15(14)25(23,24)21-17/h4-5,8-9,13H,2-3,6-7,10-12,18H2,1H3,(H,19,21)(H,20,22). The van der Waals surface area contributed by atoms with Gasteiger partial charge in [-0.05, 0) is 25.0 Å². The Labute approximate surface area is 149 Å². The highest BCUT2D eigenvalue weighted by Crippen LogP contribution is 2.22. The lowest BCUT2D eigenvalue weighted by Crippen LogP contribution is -2.40. The summed E-state index contributed by atoms with van der Waals surface area (Å²) in [5.41, 5.74) is 6.25. The largest absolute Gasteiger partial charge is 0.352 e. The van der Waals surface area contributed by atoms with Crippen LogP contribution in [0, 0.1) is 0 Å². The summed E-state index contributed by atoms with van der Waals surface area (Å²) in [6, 6.07) is 6.74. The SMILES string of the molecule is CCCCC(CN)NC(=O)CCCN=C1NS(=O)(=O)c2ccccc21. The number of unbranched alkanes of at least 4 members (excludes halogenated alkanes) is 1. The molecule has 1 aliphatic rings. The van der Waals surface area contributed by atoms with Crippen molar-refractivity contribution in [3.63, 3.8) is 0 Å². The Morgan fingerprint density at radius 3 is 2.80 bits per heavy atom. The molecule has 0 saturated carbocycles. The summed E-state index contributed by atoms with van der Waals surface area (Å²) in [6.45, 7) is 2.92. The predicted octanol–water partition coefficient (Wildman–Crippen LogP) is 1.14. The summed E-state index contributed by atoms with van der Waals surface area (Å²) in [4.78, 5) is 16.5. The topological polar surface area (TPSA) is 114 Å². The van der Waals surface area contributed by atoms with Crippen LogP contribution >= 0.6 is 0 Å². The van der Waals surface area contributed by atoms with Gasteiger partial charge in [-0.3, -0.25) is 14.5 Å². The minimum atomic E-state index is -3.51. The summed E-state index contributed by atoms with van der Waals surface area (Å²) in [6.07, 6.45) is 3.88. The number of nitrogens with two attached hydrogens (primary N) is 1. The number of hydrogen-bond donors (Lipinski definition) is 3. The molecule has 138 valence electrons. The molecular formula is C17H26N4O3S. The van der Waals surface area contributed by atoms with E-state index >= 15 is 0 Å². The molecule has 1 amide bonds. The van der Waals surface area contributed by atoms with Gasteiger partial charge in [-0.15, -0.1) is 0 Å². The van der Waals surface area contributed by atoms with Crippen LogP contribution in [0.15, 0.2) is 34.2 Å². The lowest BCUT2D eigenvalue weighted by atomic mass is 10.1. The van der Waals surface area contributed by atoms with Crippen molar-refractivity contribution in [1.82, 2.24) is 10.0 Å². The Bertz CT molecular complexity index is 731. The molecule has 0 aromatic heterocycles. The first-order valence-electron chi connectivity index (χ1n) is 8.64. The maximum Gasteiger partial charge on any atom is 0.263 e. The molecule has 0 fully saturated rings. The van der Waals surface area contributed by atoms with Gasteiger partial charge in [0.05, 0.1) is 4.90 Å². The molecule has 1 aromatic rings. The Morgan fingerprint density at radius 1 is 1.32 bits per heavy atom. The number of carbonyl (C=O) groups excluding carboxylic acids is 1. The number of aliphatic imine (C=N–C) groups is 1. The second-order valence-corrected chi connectivity index (χ2v) is 7.73. The van der Waals surface area contributed by atoms with Gasteiger partial charge in [0.2, 0.25) is 5.91 Å². The van der Waals surface area contributed by atoms with E-state index < -0.39 is 10.0 Å². The number of benzene rings is 1. The third kappa shape index (κ3) is 5.27. The van der Waals surface area contributed by atoms with Crippen LogP contribution in [0.25, 0.3) is 0 Å². The van der Waals surface area contributed by atoms with Crippen LogP contribution in [0.1, 0.15) is 44.6 Å². The molecule has 1 atom stereocenters. The first-order chi connectivity index (χ1) is 12.0. The molecule has 0 radical (unpaired) electrons. The lowest BCUT2D eigenvalue weighted by Gasteiger charge is -2.16. The van der Waals surface area contributed by atoms with Crippen LogP contribution in [0.3, 0.4) is 0 Å². The second-order valence-electron chi connectivity index (χ2n) is 6.08. The quantitative estimate of drug-likeness (QED) is 0.569. The summed E-state index contributed by atoms with van der Waals surface area (Å²) in [5.74, 6) is 0.304. The molecule has 2 rings (SSSR count). The van der Waals surface area contributed by atoms with Gasteiger partial charge in [-0.1, -0.05) is 31.9 Å². The number of nitrogens with zero attached hydrogens (tertiary/aromatic N) is 1. The zero-order chi connectivity index (χ0) is 18.3. The van der Waals surface area contributed by atoms with Crippen LogP contribution in [0.5, 0.6) is 0 Å². The minimum absolute atomic E-state index is 0.0206. The molecule has 7 nitrogen and oxygen atoms in total. The molecule has 1 aromatic carbocycles. The number of carbonyl (C=O) groups is 1. The van der Waals surface area contributed by atoms with Crippen molar-refractivity contribution in [2.24, 2.45) is 10.7 Å². The van der Waals surface area contributed by atoms with Crippen LogP contribution < -0.4 is 15.8 Å². The molecule has 0 aliphatic carbocycles. The number of hydrogen-bond acceptors (Lipinski definition) is 5. The van der Waals surface area contributed by atoms with Gasteiger partial charge in [0, 0.05) is 31.1 Å². The first kappa shape index (κ1) is 19.4. The second kappa shape index (κ2) is 8.96. The fourth-order valence-electron chi connectivity index (χ4n) is 2.68. The Hall–Kier alpha value is -1.93. The normalized spacial score (nSPS) is 17.8. The van der Waals surface area contributed by atoms with E-state index in [0.29, 0.717) is 37.3 Å². The Morgan fingerprint density at radius 2 is 2.08 bits per heavy atom. The molecule has 8 heteroatoms. The smallest absolute Gasteiger partial charge is 0.263 e. The van der Waals surface area contributed by atoms with Crippen molar-refractivity contribution in [1.29, 1.82) is 0 Å². The molecule has 1 aliphatic heterocycles. The maximum atomic E-state index is 12.0. The zero-order valence-electron chi connectivity index (χ0n) is 14.5. The van der Waals surface area contributed by atoms with E-state index in [1.54, 1.807) is 24.3 Å². The maximum absolute atomic E-state index is 12.0. The predicted molar refractivity (Wildman–Crippen MR) is 97.9 cm³/mol. The highest BCUT2D eigenvalue weighted by Gasteiger charge is 2.29. The Kier molecular flexibility index (Phi) is 6.95. The molecule has 1 heterocycles. The number of rotatable bonds is 9. The fourth-order valence-corrected chi connectivity index (χ4v) is 3.93. The average Bonchev–Trinajstić information content (AvgIpc) is 2.86. The van der Waals surface area contributed by atoms with E-state index in [-0.39, 0.29) is 16.8 Å². The molecule has 25 heavy (non-hydrogen) atoms. The van der Waals surface area contributed by atoms with E-state index in [2.05, 4.69) is 22.0 Å². The van der Waals surface area contributed by atoms with Gasteiger partial charge in [-0.2, -0.15) is 0 Å². The van der Waals surface area contributed by atoms with E-state index in [1.165, 1.54) is 0 Å². The van der Waals surface area contributed by atoms with Crippen molar-refractivity contribution < 1.29 is 13.2 Å². The van der Waals surface area contributed by atoms with Crippen molar-refractivity contribution in [3.8, 4) is 0 Å². The molecule has 4 N–H and O–H groups in total. The monoisotopic (exact) mass is 366 g/mol. The summed E-state index contributed by atoms with van der Waals surface area (Å²) < 4.78 is 26.4. The molecule has 0 spiro atoms. The zero-order valence-corrected chi connectivity index (χ0v) is 15.3.